The van der Waals surface area contributed by atoms with Crippen molar-refractivity contribution in [3.63, 3.8) is 0 Å². The number of ether oxygens (including phenoxy) is 1. The predicted molar refractivity (Wildman–Crippen MR) is 138 cm³/mol. The monoisotopic (exact) mass is 493 g/mol. The molecule has 7 nitrogen and oxygen atoms in total. The predicted octanol–water partition coefficient (Wildman–Crippen LogP) is 3.65. The number of anilines is 2. The van der Waals surface area contributed by atoms with E-state index in [2.05, 4.69) is 10.2 Å². The summed E-state index contributed by atoms with van der Waals surface area (Å²) in [4.78, 5) is 15.4. The Hall–Kier alpha value is -3.36. The molecule has 0 atom stereocenters. The Morgan fingerprint density at radius 3 is 2.34 bits per heavy atom. The van der Waals surface area contributed by atoms with Crippen LogP contribution in [-0.4, -0.2) is 47.2 Å². The van der Waals surface area contributed by atoms with Crippen LogP contribution in [0, 0.1) is 13.8 Å². The van der Waals surface area contributed by atoms with Crippen LogP contribution in [-0.2, 0) is 26.1 Å². The van der Waals surface area contributed by atoms with Crippen molar-refractivity contribution in [2.45, 2.75) is 25.3 Å². The second kappa shape index (κ2) is 10.9. The maximum atomic E-state index is 13.5. The van der Waals surface area contributed by atoms with Gasteiger partial charge in [0, 0.05) is 25.3 Å². The number of hydrogen-bond donors (Lipinski definition) is 1. The third kappa shape index (κ3) is 6.01. The van der Waals surface area contributed by atoms with Crippen LogP contribution in [0.1, 0.15) is 16.7 Å². The summed E-state index contributed by atoms with van der Waals surface area (Å²) in [7, 11) is -3.93. The summed E-state index contributed by atoms with van der Waals surface area (Å²) in [5.41, 5.74) is 4.26. The van der Waals surface area contributed by atoms with Crippen molar-refractivity contribution in [1.82, 2.24) is 5.32 Å². The lowest BCUT2D eigenvalue weighted by atomic mass is 10.1. The summed E-state index contributed by atoms with van der Waals surface area (Å²) in [6.07, 6.45) is 0. The van der Waals surface area contributed by atoms with Gasteiger partial charge in [-0.05, 0) is 60.9 Å². The van der Waals surface area contributed by atoms with E-state index in [-0.39, 0.29) is 17.3 Å². The first-order chi connectivity index (χ1) is 16.8. The fraction of sp³-hybridized carbons (Fsp3) is 0.296. The quantitative estimate of drug-likeness (QED) is 0.518. The average molecular weight is 494 g/mol. The van der Waals surface area contributed by atoms with Crippen molar-refractivity contribution in [2.75, 3.05) is 42.1 Å². The van der Waals surface area contributed by atoms with Crippen LogP contribution in [0.2, 0.25) is 0 Å². The molecule has 0 aromatic heterocycles. The summed E-state index contributed by atoms with van der Waals surface area (Å²) in [6.45, 7) is 6.91. The van der Waals surface area contributed by atoms with Crippen LogP contribution in [0.3, 0.4) is 0 Å². The third-order valence-corrected chi connectivity index (χ3v) is 7.83. The molecule has 0 radical (unpaired) electrons. The zero-order valence-electron chi connectivity index (χ0n) is 20.1. The molecule has 0 bridgehead atoms. The minimum absolute atomic E-state index is 0.146. The van der Waals surface area contributed by atoms with Crippen molar-refractivity contribution in [2.24, 2.45) is 0 Å². The smallest absolute Gasteiger partial charge is 0.264 e. The first kappa shape index (κ1) is 24.8. The van der Waals surface area contributed by atoms with Crippen LogP contribution in [0.15, 0.2) is 77.7 Å². The van der Waals surface area contributed by atoms with E-state index in [1.165, 1.54) is 4.31 Å². The van der Waals surface area contributed by atoms with Gasteiger partial charge in [0.1, 0.15) is 6.54 Å². The molecule has 184 valence electrons. The molecular formula is C27H31N3O4S. The van der Waals surface area contributed by atoms with Gasteiger partial charge in [-0.2, -0.15) is 0 Å². The number of nitrogens with one attached hydrogen (secondary N) is 1. The van der Waals surface area contributed by atoms with Crippen LogP contribution in [0.5, 0.6) is 0 Å². The van der Waals surface area contributed by atoms with Crippen molar-refractivity contribution < 1.29 is 17.9 Å². The number of aryl methyl sites for hydroxylation is 2. The number of carbonyl (C=O) groups excluding carboxylic acids is 1. The van der Waals surface area contributed by atoms with E-state index in [0.29, 0.717) is 12.2 Å². The van der Waals surface area contributed by atoms with Gasteiger partial charge in [-0.1, -0.05) is 42.5 Å². The number of benzene rings is 3. The topological polar surface area (TPSA) is 79.0 Å². The molecule has 1 heterocycles. The van der Waals surface area contributed by atoms with Crippen molar-refractivity contribution in [1.29, 1.82) is 0 Å². The fourth-order valence-corrected chi connectivity index (χ4v) is 5.54. The Labute approximate surface area is 207 Å². The summed E-state index contributed by atoms with van der Waals surface area (Å²) in [5, 5.41) is 2.88. The first-order valence-electron chi connectivity index (χ1n) is 11.7. The molecule has 3 aromatic rings. The van der Waals surface area contributed by atoms with Crippen LogP contribution >= 0.6 is 0 Å². The Morgan fingerprint density at radius 2 is 1.66 bits per heavy atom. The van der Waals surface area contributed by atoms with E-state index in [1.54, 1.807) is 36.4 Å². The van der Waals surface area contributed by atoms with Crippen LogP contribution in [0.4, 0.5) is 11.4 Å². The molecule has 0 unspecified atom stereocenters. The van der Waals surface area contributed by atoms with Crippen molar-refractivity contribution in [3.05, 3.63) is 89.5 Å². The minimum atomic E-state index is -3.93. The Kier molecular flexibility index (Phi) is 7.73. The standard InChI is InChI=1S/C27H31N3O4S/c1-21-8-9-22(2)26(18-21)30(35(32,33)25-6-4-3-5-7-25)20-27(31)28-19-23-10-12-24(13-11-23)29-14-16-34-17-15-29/h3-13,18H,14-17,19-20H2,1-2H3,(H,28,31). The second-order valence-electron chi connectivity index (χ2n) is 8.66. The Bertz CT molecular complexity index is 1260. The van der Waals surface area contributed by atoms with Gasteiger partial charge in [-0.3, -0.25) is 9.10 Å². The maximum Gasteiger partial charge on any atom is 0.264 e. The molecule has 0 aliphatic carbocycles. The molecule has 35 heavy (non-hydrogen) atoms. The lowest BCUT2D eigenvalue weighted by Gasteiger charge is -2.29. The average Bonchev–Trinajstić information content (AvgIpc) is 2.89. The Balaban J connectivity index is 1.49. The first-order valence-corrected chi connectivity index (χ1v) is 13.1. The van der Waals surface area contributed by atoms with Crippen LogP contribution in [0.25, 0.3) is 0 Å². The molecule has 3 aromatic carbocycles. The number of sulfonamides is 1. The van der Waals surface area contributed by atoms with E-state index in [1.807, 2.05) is 50.2 Å². The molecular weight excluding hydrogens is 462 g/mol. The number of rotatable bonds is 8. The van der Waals surface area contributed by atoms with E-state index in [4.69, 9.17) is 4.74 Å². The number of hydrogen-bond acceptors (Lipinski definition) is 5. The number of carbonyl (C=O) groups is 1. The van der Waals surface area contributed by atoms with E-state index >= 15 is 0 Å². The van der Waals surface area contributed by atoms with Crippen molar-refractivity contribution in [3.8, 4) is 0 Å². The highest BCUT2D eigenvalue weighted by molar-refractivity contribution is 7.92. The molecule has 8 heteroatoms. The molecule has 1 aliphatic heterocycles. The molecule has 0 spiro atoms. The van der Waals surface area contributed by atoms with E-state index in [0.717, 1.165) is 48.7 Å². The molecule has 1 saturated heterocycles. The SMILES string of the molecule is Cc1ccc(C)c(N(CC(=O)NCc2ccc(N3CCOCC3)cc2)S(=O)(=O)c2ccccc2)c1. The molecule has 1 fully saturated rings. The van der Waals surface area contributed by atoms with Gasteiger partial charge in [-0.25, -0.2) is 8.42 Å². The molecule has 1 aliphatic rings. The fourth-order valence-electron chi connectivity index (χ4n) is 4.04. The zero-order valence-corrected chi connectivity index (χ0v) is 20.9. The van der Waals surface area contributed by atoms with Gasteiger partial charge < -0.3 is 15.0 Å². The van der Waals surface area contributed by atoms with Gasteiger partial charge in [-0.15, -0.1) is 0 Å². The lowest BCUT2D eigenvalue weighted by molar-refractivity contribution is -0.119. The van der Waals surface area contributed by atoms with E-state index < -0.39 is 10.0 Å². The largest absolute Gasteiger partial charge is 0.378 e. The Morgan fingerprint density at radius 1 is 0.971 bits per heavy atom. The zero-order chi connectivity index (χ0) is 24.8. The van der Waals surface area contributed by atoms with Gasteiger partial charge in [0.2, 0.25) is 5.91 Å². The normalized spacial score (nSPS) is 13.9. The summed E-state index contributed by atoms with van der Waals surface area (Å²) in [5.74, 6) is -0.373. The van der Waals surface area contributed by atoms with Gasteiger partial charge in [0.15, 0.2) is 0 Å². The maximum absolute atomic E-state index is 13.5. The van der Waals surface area contributed by atoms with Crippen LogP contribution < -0.4 is 14.5 Å². The molecule has 1 amide bonds. The second-order valence-corrected chi connectivity index (χ2v) is 10.5. The number of nitrogens with zero attached hydrogens (tertiary/aromatic N) is 2. The number of morpholine rings is 1. The van der Waals surface area contributed by atoms with Gasteiger partial charge in [0.25, 0.3) is 10.0 Å². The molecule has 1 N–H and O–H groups in total. The number of amides is 1. The summed E-state index contributed by atoms with van der Waals surface area (Å²) in [6, 6.07) is 21.8. The van der Waals surface area contributed by atoms with Gasteiger partial charge in [0.05, 0.1) is 23.8 Å². The third-order valence-electron chi connectivity index (χ3n) is 6.05. The molecule has 0 saturated carbocycles. The molecule has 4 rings (SSSR count). The summed E-state index contributed by atoms with van der Waals surface area (Å²) < 4.78 is 33.7. The highest BCUT2D eigenvalue weighted by Crippen LogP contribution is 2.27. The van der Waals surface area contributed by atoms with Gasteiger partial charge >= 0.3 is 0 Å². The van der Waals surface area contributed by atoms with Crippen molar-refractivity contribution >= 4 is 27.3 Å². The minimum Gasteiger partial charge on any atom is -0.378 e. The highest BCUT2D eigenvalue weighted by Gasteiger charge is 2.28. The van der Waals surface area contributed by atoms with E-state index in [9.17, 15) is 13.2 Å². The summed E-state index contributed by atoms with van der Waals surface area (Å²) >= 11 is 0. The lowest BCUT2D eigenvalue weighted by Crippen LogP contribution is -2.41. The highest BCUT2D eigenvalue weighted by atomic mass is 32.2.